The Hall–Kier alpha value is -0.940. The molecule has 0 amide bonds. The van der Waals surface area contributed by atoms with Crippen molar-refractivity contribution in [1.29, 1.82) is 0 Å². The molecule has 0 fully saturated rings. The van der Waals surface area contributed by atoms with E-state index >= 15 is 0 Å². The highest BCUT2D eigenvalue weighted by molar-refractivity contribution is 7.86. The Bertz CT molecular complexity index is 561. The van der Waals surface area contributed by atoms with E-state index in [0.29, 0.717) is 17.6 Å². The van der Waals surface area contributed by atoms with Gasteiger partial charge in [-0.3, -0.25) is 9.35 Å². The lowest BCUT2D eigenvalue weighted by atomic mass is 9.87. The van der Waals surface area contributed by atoms with E-state index in [1.807, 2.05) is 0 Å². The third-order valence-corrected chi connectivity index (χ3v) is 5.54. The molecule has 4 nitrogen and oxygen atoms in total. The van der Waals surface area contributed by atoms with Gasteiger partial charge in [-0.2, -0.15) is 8.42 Å². The Labute approximate surface area is 153 Å². The van der Waals surface area contributed by atoms with Crippen LogP contribution in [-0.4, -0.2) is 24.5 Å². The number of rotatable bonds is 14. The smallest absolute Gasteiger partial charge is 0.268 e. The highest BCUT2D eigenvalue weighted by Crippen LogP contribution is 2.28. The lowest BCUT2D eigenvalue weighted by molar-refractivity contribution is -0.119. The largest absolute Gasteiger partial charge is 0.294 e. The minimum atomic E-state index is -4.03. The molecular formula is C20H34O4S. The van der Waals surface area contributed by atoms with E-state index < -0.39 is 10.1 Å². The van der Waals surface area contributed by atoms with Crippen molar-refractivity contribution in [2.45, 2.75) is 84.5 Å². The van der Waals surface area contributed by atoms with Gasteiger partial charge in [0.1, 0.15) is 0 Å². The zero-order valence-corrected chi connectivity index (χ0v) is 16.6. The van der Waals surface area contributed by atoms with Crippen LogP contribution in [-0.2, 0) is 14.9 Å². The normalized spacial score (nSPS) is 14.7. The minimum Gasteiger partial charge on any atom is -0.294 e. The van der Waals surface area contributed by atoms with Crippen LogP contribution in [0.1, 0.15) is 84.5 Å². The standard InChI is InChI=1S/C20H34O4S/c1-3-5-7-9-11-18(12-10-8-6-4-2)20(21)19-14-13-17(15-19)16-25(22,23)24/h13-14,18H,3-12,15-16H2,1-2H3,(H,22,23,24). The topological polar surface area (TPSA) is 71.4 Å². The molecule has 0 atom stereocenters. The number of hydrogen-bond donors (Lipinski definition) is 1. The molecule has 5 heteroatoms. The summed E-state index contributed by atoms with van der Waals surface area (Å²) in [5, 5.41) is 0. The van der Waals surface area contributed by atoms with E-state index in [2.05, 4.69) is 13.8 Å². The summed E-state index contributed by atoms with van der Waals surface area (Å²) in [5.74, 6) is -0.147. The van der Waals surface area contributed by atoms with Crippen molar-refractivity contribution in [2.24, 2.45) is 5.92 Å². The fraction of sp³-hybridized carbons (Fsp3) is 0.750. The summed E-state index contributed by atoms with van der Waals surface area (Å²) in [6.45, 7) is 4.36. The maximum absolute atomic E-state index is 12.9. The average Bonchev–Trinajstić information content (AvgIpc) is 2.99. The Morgan fingerprint density at radius 2 is 1.56 bits per heavy atom. The summed E-state index contributed by atoms with van der Waals surface area (Å²) in [5.41, 5.74) is 1.30. The van der Waals surface area contributed by atoms with E-state index in [4.69, 9.17) is 4.55 Å². The van der Waals surface area contributed by atoms with Crippen LogP contribution in [0, 0.1) is 5.92 Å². The number of unbranched alkanes of at least 4 members (excludes halogenated alkanes) is 6. The van der Waals surface area contributed by atoms with Gasteiger partial charge in [0.2, 0.25) is 0 Å². The van der Waals surface area contributed by atoms with Gasteiger partial charge >= 0.3 is 0 Å². The molecule has 0 aromatic heterocycles. The molecule has 25 heavy (non-hydrogen) atoms. The quantitative estimate of drug-likeness (QED) is 0.334. The third-order valence-electron chi connectivity index (χ3n) is 4.81. The highest BCUT2D eigenvalue weighted by atomic mass is 32.2. The van der Waals surface area contributed by atoms with Crippen molar-refractivity contribution >= 4 is 15.9 Å². The molecule has 1 N–H and O–H groups in total. The number of hydrogen-bond acceptors (Lipinski definition) is 3. The number of allylic oxidation sites excluding steroid dienone is 3. The summed E-state index contributed by atoms with van der Waals surface area (Å²) in [4.78, 5) is 12.9. The zero-order chi connectivity index (χ0) is 18.7. The summed E-state index contributed by atoms with van der Waals surface area (Å²) in [6, 6.07) is 0. The number of carbonyl (C=O) groups excluding carboxylic acids is 1. The van der Waals surface area contributed by atoms with Gasteiger partial charge in [-0.25, -0.2) is 0 Å². The Morgan fingerprint density at radius 1 is 1.00 bits per heavy atom. The number of ketones is 1. The van der Waals surface area contributed by atoms with Crippen LogP contribution in [0.2, 0.25) is 0 Å². The maximum Gasteiger partial charge on any atom is 0.268 e. The van der Waals surface area contributed by atoms with Crippen molar-refractivity contribution in [1.82, 2.24) is 0 Å². The van der Waals surface area contributed by atoms with Crippen molar-refractivity contribution in [3.8, 4) is 0 Å². The van der Waals surface area contributed by atoms with E-state index in [1.165, 1.54) is 38.5 Å². The van der Waals surface area contributed by atoms with Crippen molar-refractivity contribution in [2.75, 3.05) is 5.75 Å². The van der Waals surface area contributed by atoms with Crippen LogP contribution >= 0.6 is 0 Å². The summed E-state index contributed by atoms with van der Waals surface area (Å²) in [7, 11) is -4.03. The Morgan fingerprint density at radius 3 is 2.04 bits per heavy atom. The van der Waals surface area contributed by atoms with E-state index in [9.17, 15) is 13.2 Å². The molecule has 0 radical (unpaired) electrons. The Kier molecular flexibility index (Phi) is 10.3. The summed E-state index contributed by atoms with van der Waals surface area (Å²) >= 11 is 0. The number of carbonyl (C=O) groups is 1. The van der Waals surface area contributed by atoms with Crippen LogP contribution in [0.5, 0.6) is 0 Å². The van der Waals surface area contributed by atoms with Gasteiger partial charge < -0.3 is 0 Å². The first-order valence-corrected chi connectivity index (χ1v) is 11.4. The van der Waals surface area contributed by atoms with Crippen LogP contribution in [0.3, 0.4) is 0 Å². The molecular weight excluding hydrogens is 336 g/mol. The first kappa shape index (κ1) is 22.1. The molecule has 0 unspecified atom stereocenters. The molecule has 1 rings (SSSR count). The van der Waals surface area contributed by atoms with Gasteiger partial charge in [0, 0.05) is 5.92 Å². The van der Waals surface area contributed by atoms with Crippen molar-refractivity contribution in [3.63, 3.8) is 0 Å². The highest BCUT2D eigenvalue weighted by Gasteiger charge is 2.25. The summed E-state index contributed by atoms with van der Waals surface area (Å²) < 4.78 is 31.0. The second-order valence-corrected chi connectivity index (χ2v) is 8.63. The lowest BCUT2D eigenvalue weighted by Gasteiger charge is -2.17. The van der Waals surface area contributed by atoms with Crippen molar-refractivity contribution < 1.29 is 17.8 Å². The summed E-state index contributed by atoms with van der Waals surface area (Å²) in [6.07, 6.45) is 14.9. The predicted octanol–water partition coefficient (Wildman–Crippen LogP) is 5.26. The van der Waals surface area contributed by atoms with Gasteiger partial charge in [-0.15, -0.1) is 0 Å². The van der Waals surface area contributed by atoms with Crippen LogP contribution in [0.4, 0.5) is 0 Å². The monoisotopic (exact) mass is 370 g/mol. The van der Waals surface area contributed by atoms with Gasteiger partial charge in [-0.05, 0) is 30.4 Å². The molecule has 144 valence electrons. The fourth-order valence-electron chi connectivity index (χ4n) is 3.39. The van der Waals surface area contributed by atoms with Crippen LogP contribution in [0.15, 0.2) is 23.3 Å². The molecule has 0 aliphatic heterocycles. The minimum absolute atomic E-state index is 0.0541. The SMILES string of the molecule is CCCCCCC(CCCCCC)C(=O)C1=CC=C(CS(=O)(=O)O)C1. The second-order valence-electron chi connectivity index (χ2n) is 7.18. The molecule has 0 saturated carbocycles. The van der Waals surface area contributed by atoms with Crippen molar-refractivity contribution in [3.05, 3.63) is 23.3 Å². The zero-order valence-electron chi connectivity index (χ0n) is 15.8. The predicted molar refractivity (Wildman–Crippen MR) is 103 cm³/mol. The molecule has 1 aliphatic carbocycles. The van der Waals surface area contributed by atoms with Crippen LogP contribution in [0.25, 0.3) is 0 Å². The maximum atomic E-state index is 12.9. The average molecular weight is 371 g/mol. The number of Topliss-reactive ketones (excluding diaryl/α,β-unsaturated/α-hetero) is 1. The molecule has 0 spiro atoms. The molecule has 0 bridgehead atoms. The van der Waals surface area contributed by atoms with Gasteiger partial charge in [-0.1, -0.05) is 77.4 Å². The van der Waals surface area contributed by atoms with Gasteiger partial charge in [0.05, 0.1) is 5.75 Å². The van der Waals surface area contributed by atoms with Gasteiger partial charge in [0.15, 0.2) is 5.78 Å². The molecule has 0 aromatic rings. The molecule has 0 aromatic carbocycles. The Balaban J connectivity index is 2.56. The fourth-order valence-corrected chi connectivity index (χ4v) is 4.05. The molecule has 1 aliphatic rings. The van der Waals surface area contributed by atoms with E-state index in [1.54, 1.807) is 12.2 Å². The molecule has 0 saturated heterocycles. The first-order chi connectivity index (χ1) is 11.9. The second kappa shape index (κ2) is 11.6. The van der Waals surface area contributed by atoms with Gasteiger partial charge in [0.25, 0.3) is 10.1 Å². The van der Waals surface area contributed by atoms with Crippen LogP contribution < -0.4 is 0 Å². The van der Waals surface area contributed by atoms with E-state index in [0.717, 1.165) is 25.7 Å². The van der Waals surface area contributed by atoms with E-state index in [-0.39, 0.29) is 17.5 Å². The third kappa shape index (κ3) is 9.36. The lowest BCUT2D eigenvalue weighted by Crippen LogP contribution is -2.17. The molecule has 0 heterocycles. The first-order valence-electron chi connectivity index (χ1n) is 9.75.